The first-order chi connectivity index (χ1) is 19.9. The first-order valence-corrected chi connectivity index (χ1v) is 19.3. The SMILES string of the molecule is CC(C)(C)c1ccc2c(c1)Cc1c-2ccc(C(C)(C)C)[c]1[Zr+2]([C]1=CC=CC1)=[C](c1cccc(Cl)c1)c1cccc(Cl)c1.[Cl-].[Cl-]. The standard InChI is InChI=1S/C21H25.C13H8Cl2.C5H5.2ClH.Zr/c1-20(2,3)16-7-9-18-14(12-16)11-15-13-17(21(4,5)6)8-10-19(15)18;14-12-5-1-3-10(8-12)7-11-4-2-6-13(15)9-11;1-2-4-5-3-1;;;/h7-10,12H,11H2,1-6H3;1-6,8-9H;1-3H,4H2;2*1H;/q;;;;;+2/p-2. The molecule has 0 aromatic heterocycles. The van der Waals surface area contributed by atoms with Gasteiger partial charge in [-0.1, -0.05) is 0 Å². The van der Waals surface area contributed by atoms with Gasteiger partial charge in [0.25, 0.3) is 0 Å². The molecule has 44 heavy (non-hydrogen) atoms. The average Bonchev–Trinajstić information content (AvgIpc) is 3.58. The molecule has 0 bridgehead atoms. The summed E-state index contributed by atoms with van der Waals surface area (Å²) in [6, 6.07) is 29.0. The van der Waals surface area contributed by atoms with Crippen LogP contribution in [0.15, 0.2) is 100 Å². The molecule has 6 rings (SSSR count). The Bertz CT molecular complexity index is 1770. The molecule has 4 aromatic carbocycles. The van der Waals surface area contributed by atoms with E-state index in [1.807, 2.05) is 12.1 Å². The zero-order valence-electron chi connectivity index (χ0n) is 26.2. The topological polar surface area (TPSA) is 0 Å². The van der Waals surface area contributed by atoms with Crippen LogP contribution in [0.4, 0.5) is 0 Å². The van der Waals surface area contributed by atoms with Gasteiger partial charge in [0.1, 0.15) is 0 Å². The summed E-state index contributed by atoms with van der Waals surface area (Å²) >= 11 is 10.5. The molecule has 0 nitrogen and oxygen atoms in total. The van der Waals surface area contributed by atoms with Crippen molar-refractivity contribution in [2.75, 3.05) is 0 Å². The average molecular weight is 740 g/mol. The molecule has 0 spiro atoms. The minimum absolute atomic E-state index is 0. The summed E-state index contributed by atoms with van der Waals surface area (Å²) in [7, 11) is 0. The van der Waals surface area contributed by atoms with Gasteiger partial charge in [0.15, 0.2) is 0 Å². The van der Waals surface area contributed by atoms with Gasteiger partial charge in [-0.3, -0.25) is 0 Å². The van der Waals surface area contributed by atoms with Crippen LogP contribution in [0.1, 0.15) is 81.3 Å². The maximum Gasteiger partial charge on any atom is -1.00 e. The van der Waals surface area contributed by atoms with Crippen molar-refractivity contribution in [3.8, 4) is 11.1 Å². The summed E-state index contributed by atoms with van der Waals surface area (Å²) in [4.78, 5) is 0. The van der Waals surface area contributed by atoms with Crippen LogP contribution in [0.3, 0.4) is 0 Å². The Morgan fingerprint density at radius 1 is 0.705 bits per heavy atom. The number of fused-ring (bicyclic) bond motifs is 3. The normalized spacial score (nSPS) is 13.2. The van der Waals surface area contributed by atoms with Crippen LogP contribution in [-0.2, 0) is 38.5 Å². The van der Waals surface area contributed by atoms with Crippen LogP contribution < -0.4 is 28.1 Å². The maximum atomic E-state index is 6.68. The molecule has 0 atom stereocenters. The van der Waals surface area contributed by atoms with Gasteiger partial charge >= 0.3 is 271 Å². The quantitative estimate of drug-likeness (QED) is 0.255. The Balaban J connectivity index is 0.00000221. The van der Waals surface area contributed by atoms with Crippen LogP contribution in [-0.4, -0.2) is 3.21 Å². The van der Waals surface area contributed by atoms with Gasteiger partial charge in [0, 0.05) is 0 Å². The van der Waals surface area contributed by atoms with Gasteiger partial charge in [-0.25, -0.2) is 0 Å². The summed E-state index contributed by atoms with van der Waals surface area (Å²) in [5, 5.41) is 1.54. The molecule has 226 valence electrons. The fourth-order valence-electron chi connectivity index (χ4n) is 6.48. The summed E-state index contributed by atoms with van der Waals surface area (Å²) in [6.45, 7) is 14.0. The molecule has 0 amide bonds. The second-order valence-corrected chi connectivity index (χ2v) is 20.4. The van der Waals surface area contributed by atoms with Crippen LogP contribution in [0.25, 0.3) is 11.1 Å². The van der Waals surface area contributed by atoms with E-state index < -0.39 is 21.3 Å². The molecule has 0 unspecified atom stereocenters. The van der Waals surface area contributed by atoms with E-state index in [0.717, 1.165) is 22.9 Å². The molecular formula is C39H38Cl4Zr. The fraction of sp³-hybridized carbons (Fsp3) is 0.256. The van der Waals surface area contributed by atoms with Crippen molar-refractivity contribution in [2.45, 2.75) is 65.2 Å². The predicted octanol–water partition coefficient (Wildman–Crippen LogP) is 4.52. The molecule has 5 heteroatoms. The van der Waals surface area contributed by atoms with Crippen molar-refractivity contribution in [2.24, 2.45) is 0 Å². The molecule has 2 aliphatic carbocycles. The molecule has 4 aromatic rings. The van der Waals surface area contributed by atoms with Gasteiger partial charge in [-0.2, -0.15) is 0 Å². The molecule has 2 aliphatic rings. The van der Waals surface area contributed by atoms with Gasteiger partial charge < -0.3 is 24.8 Å². The van der Waals surface area contributed by atoms with E-state index in [0.29, 0.717) is 0 Å². The first kappa shape index (κ1) is 35.1. The molecule has 0 saturated heterocycles. The first-order valence-electron chi connectivity index (χ1n) is 14.8. The van der Waals surface area contributed by atoms with E-state index in [1.165, 1.54) is 47.7 Å². The van der Waals surface area contributed by atoms with Crippen molar-refractivity contribution < 1.29 is 46.1 Å². The molecule has 0 heterocycles. The predicted molar refractivity (Wildman–Crippen MR) is 180 cm³/mol. The zero-order chi connectivity index (χ0) is 29.8. The second kappa shape index (κ2) is 13.6. The second-order valence-electron chi connectivity index (χ2n) is 13.7. The summed E-state index contributed by atoms with van der Waals surface area (Å²) in [6.07, 6.45) is 8.99. The van der Waals surface area contributed by atoms with E-state index in [4.69, 9.17) is 23.2 Å². The number of halogens is 4. The van der Waals surface area contributed by atoms with E-state index in [2.05, 4.69) is 127 Å². The van der Waals surface area contributed by atoms with Crippen molar-refractivity contribution in [3.63, 3.8) is 0 Å². The largest absolute Gasteiger partial charge is 1.00 e. The smallest absolute Gasteiger partial charge is 1.00 e. The van der Waals surface area contributed by atoms with E-state index in [1.54, 1.807) is 6.55 Å². The van der Waals surface area contributed by atoms with Gasteiger partial charge in [-0.15, -0.1) is 0 Å². The number of benzene rings is 4. The zero-order valence-corrected chi connectivity index (χ0v) is 31.6. The molecule has 0 aliphatic heterocycles. The van der Waals surface area contributed by atoms with Crippen molar-refractivity contribution in [1.29, 1.82) is 0 Å². The summed E-state index contributed by atoms with van der Waals surface area (Å²) in [5.74, 6) is 0. The number of hydrogen-bond acceptors (Lipinski definition) is 0. The molecule has 0 N–H and O–H groups in total. The number of hydrogen-bond donors (Lipinski definition) is 0. The molecule has 0 fully saturated rings. The van der Waals surface area contributed by atoms with Crippen LogP contribution in [0.5, 0.6) is 0 Å². The summed E-state index contributed by atoms with van der Waals surface area (Å²) in [5.41, 5.74) is 11.2. The summed E-state index contributed by atoms with van der Waals surface area (Å²) < 4.78 is 4.67. The minimum Gasteiger partial charge on any atom is -1.00 e. The van der Waals surface area contributed by atoms with E-state index >= 15 is 0 Å². The molecule has 0 saturated carbocycles. The number of rotatable bonds is 4. The van der Waals surface area contributed by atoms with E-state index in [-0.39, 0.29) is 35.6 Å². The van der Waals surface area contributed by atoms with Crippen molar-refractivity contribution >= 4 is 29.7 Å². The van der Waals surface area contributed by atoms with Crippen molar-refractivity contribution in [1.82, 2.24) is 0 Å². The van der Waals surface area contributed by atoms with Crippen LogP contribution in [0.2, 0.25) is 10.0 Å². The minimum atomic E-state index is -2.87. The Hall–Kier alpha value is -1.73. The monoisotopic (exact) mass is 736 g/mol. The van der Waals surface area contributed by atoms with Crippen LogP contribution >= 0.6 is 23.2 Å². The van der Waals surface area contributed by atoms with Crippen molar-refractivity contribution in [3.05, 3.63) is 144 Å². The van der Waals surface area contributed by atoms with Gasteiger partial charge in [-0.05, 0) is 0 Å². The number of allylic oxidation sites excluding steroid dienone is 4. The molecule has 0 radical (unpaired) electrons. The Morgan fingerprint density at radius 3 is 1.84 bits per heavy atom. The Morgan fingerprint density at radius 2 is 1.32 bits per heavy atom. The third-order valence-electron chi connectivity index (χ3n) is 8.57. The molecular weight excluding hydrogens is 701 g/mol. The fourth-order valence-corrected chi connectivity index (χ4v) is 15.7. The van der Waals surface area contributed by atoms with Gasteiger partial charge in [0.2, 0.25) is 0 Å². The van der Waals surface area contributed by atoms with E-state index in [9.17, 15) is 0 Å². The Kier molecular flexibility index (Phi) is 10.8. The maximum absolute atomic E-state index is 6.68. The third kappa shape index (κ3) is 6.84. The van der Waals surface area contributed by atoms with Gasteiger partial charge in [0.05, 0.1) is 0 Å². The van der Waals surface area contributed by atoms with Crippen LogP contribution in [0, 0.1) is 0 Å². The third-order valence-corrected chi connectivity index (χ3v) is 16.8. The Labute approximate surface area is 293 Å².